The number of benzene rings is 1. The Balaban J connectivity index is 1.50. The SMILES string of the molecule is Cc1cc(C)cc(C(=O)N2CCN(c3c(C)nn(-c4ccccn4)c3C)CC2)c1. The number of nitrogens with zero attached hydrogens (tertiary/aromatic N) is 5. The zero-order valence-corrected chi connectivity index (χ0v) is 17.5. The quantitative estimate of drug-likeness (QED) is 0.688. The van der Waals surface area contributed by atoms with Gasteiger partial charge in [0.15, 0.2) is 5.82 Å². The van der Waals surface area contributed by atoms with Crippen LogP contribution in [-0.2, 0) is 0 Å². The van der Waals surface area contributed by atoms with Gasteiger partial charge in [-0.1, -0.05) is 23.3 Å². The van der Waals surface area contributed by atoms with Crippen LogP contribution in [0.3, 0.4) is 0 Å². The Hall–Kier alpha value is -3.15. The van der Waals surface area contributed by atoms with Gasteiger partial charge in [-0.05, 0) is 52.0 Å². The molecule has 0 aliphatic carbocycles. The fourth-order valence-electron chi connectivity index (χ4n) is 4.21. The largest absolute Gasteiger partial charge is 0.365 e. The molecule has 1 aliphatic rings. The monoisotopic (exact) mass is 389 g/mol. The number of pyridine rings is 1. The molecule has 1 amide bonds. The highest BCUT2D eigenvalue weighted by molar-refractivity contribution is 5.94. The van der Waals surface area contributed by atoms with Crippen molar-refractivity contribution >= 4 is 11.6 Å². The number of rotatable bonds is 3. The summed E-state index contributed by atoms with van der Waals surface area (Å²) < 4.78 is 1.90. The lowest BCUT2D eigenvalue weighted by Gasteiger charge is -2.36. The Morgan fingerprint density at radius 3 is 2.24 bits per heavy atom. The summed E-state index contributed by atoms with van der Waals surface area (Å²) >= 11 is 0. The second-order valence-electron chi connectivity index (χ2n) is 7.77. The Labute approximate surface area is 171 Å². The second-order valence-corrected chi connectivity index (χ2v) is 7.77. The van der Waals surface area contributed by atoms with E-state index in [1.807, 2.05) is 60.7 Å². The molecule has 0 unspecified atom stereocenters. The van der Waals surface area contributed by atoms with Crippen LogP contribution in [0.2, 0.25) is 0 Å². The van der Waals surface area contributed by atoms with Crippen molar-refractivity contribution in [3.8, 4) is 5.82 Å². The summed E-state index contributed by atoms with van der Waals surface area (Å²) in [6, 6.07) is 11.9. The minimum Gasteiger partial charge on any atom is -0.365 e. The number of carbonyl (C=O) groups excluding carboxylic acids is 1. The molecule has 1 aromatic carbocycles. The van der Waals surface area contributed by atoms with Gasteiger partial charge >= 0.3 is 0 Å². The second kappa shape index (κ2) is 7.70. The lowest BCUT2D eigenvalue weighted by molar-refractivity contribution is 0.0746. The van der Waals surface area contributed by atoms with Crippen molar-refractivity contribution in [1.29, 1.82) is 0 Å². The maximum atomic E-state index is 13.0. The molecule has 1 fully saturated rings. The molecule has 0 bridgehead atoms. The van der Waals surface area contributed by atoms with Crippen molar-refractivity contribution in [2.45, 2.75) is 27.7 Å². The summed E-state index contributed by atoms with van der Waals surface area (Å²) in [6.45, 7) is 11.2. The molecule has 0 saturated carbocycles. The van der Waals surface area contributed by atoms with E-state index in [0.717, 1.165) is 52.7 Å². The highest BCUT2D eigenvalue weighted by atomic mass is 16.2. The van der Waals surface area contributed by atoms with Gasteiger partial charge in [-0.25, -0.2) is 9.67 Å². The van der Waals surface area contributed by atoms with Gasteiger partial charge in [0.25, 0.3) is 5.91 Å². The Kier molecular flexibility index (Phi) is 5.09. The number of aromatic nitrogens is 3. The standard InChI is InChI=1S/C23H27N5O/c1-16-13-17(2)15-20(14-16)23(29)27-11-9-26(10-12-27)22-18(3)25-28(19(22)4)21-7-5-6-8-24-21/h5-8,13-15H,9-12H2,1-4H3. The fourth-order valence-corrected chi connectivity index (χ4v) is 4.21. The van der Waals surface area contributed by atoms with Crippen LogP contribution in [0.4, 0.5) is 5.69 Å². The molecular weight excluding hydrogens is 362 g/mol. The predicted molar refractivity (Wildman–Crippen MR) is 115 cm³/mol. The molecule has 4 rings (SSSR count). The van der Waals surface area contributed by atoms with E-state index in [2.05, 4.69) is 22.9 Å². The number of amides is 1. The van der Waals surface area contributed by atoms with E-state index in [1.54, 1.807) is 6.20 Å². The van der Waals surface area contributed by atoms with Crippen molar-refractivity contribution in [2.75, 3.05) is 31.1 Å². The maximum Gasteiger partial charge on any atom is 0.253 e. The lowest BCUT2D eigenvalue weighted by atomic mass is 10.1. The predicted octanol–water partition coefficient (Wildman–Crippen LogP) is 3.46. The van der Waals surface area contributed by atoms with E-state index in [-0.39, 0.29) is 5.91 Å². The van der Waals surface area contributed by atoms with Gasteiger partial charge in [-0.2, -0.15) is 5.10 Å². The van der Waals surface area contributed by atoms with Crippen molar-refractivity contribution in [3.05, 3.63) is 70.7 Å². The van der Waals surface area contributed by atoms with Gasteiger partial charge in [-0.15, -0.1) is 0 Å². The summed E-state index contributed by atoms with van der Waals surface area (Å²) in [4.78, 5) is 21.7. The topological polar surface area (TPSA) is 54.3 Å². The summed E-state index contributed by atoms with van der Waals surface area (Å²) in [5.41, 5.74) is 6.25. The summed E-state index contributed by atoms with van der Waals surface area (Å²) in [5.74, 6) is 0.942. The van der Waals surface area contributed by atoms with E-state index >= 15 is 0 Å². The number of hydrogen-bond donors (Lipinski definition) is 0. The smallest absolute Gasteiger partial charge is 0.253 e. The number of piperazine rings is 1. The minimum atomic E-state index is 0.120. The molecule has 150 valence electrons. The molecular formula is C23H27N5O. The molecule has 0 spiro atoms. The molecule has 0 N–H and O–H groups in total. The first-order valence-electron chi connectivity index (χ1n) is 10.0. The van der Waals surface area contributed by atoms with Crippen molar-refractivity contribution in [3.63, 3.8) is 0 Å². The molecule has 6 nitrogen and oxygen atoms in total. The van der Waals surface area contributed by atoms with Crippen LogP contribution in [0, 0.1) is 27.7 Å². The Morgan fingerprint density at radius 1 is 0.931 bits per heavy atom. The van der Waals surface area contributed by atoms with Crippen LogP contribution >= 0.6 is 0 Å². The zero-order chi connectivity index (χ0) is 20.5. The van der Waals surface area contributed by atoms with Crippen LogP contribution in [0.25, 0.3) is 5.82 Å². The lowest BCUT2D eigenvalue weighted by Crippen LogP contribution is -2.49. The van der Waals surface area contributed by atoms with E-state index in [1.165, 1.54) is 0 Å². The number of anilines is 1. The first-order valence-corrected chi connectivity index (χ1v) is 10.0. The summed E-state index contributed by atoms with van der Waals surface area (Å²) in [5, 5.41) is 4.71. The molecule has 6 heteroatoms. The Bertz CT molecular complexity index is 1010. The normalized spacial score (nSPS) is 14.3. The number of hydrogen-bond acceptors (Lipinski definition) is 4. The third kappa shape index (κ3) is 3.75. The highest BCUT2D eigenvalue weighted by Crippen LogP contribution is 2.27. The molecule has 3 heterocycles. The van der Waals surface area contributed by atoms with Gasteiger partial charge in [0.1, 0.15) is 0 Å². The van der Waals surface area contributed by atoms with Crippen LogP contribution in [0.1, 0.15) is 32.9 Å². The number of aryl methyl sites for hydroxylation is 3. The van der Waals surface area contributed by atoms with E-state index < -0.39 is 0 Å². The van der Waals surface area contributed by atoms with Crippen molar-refractivity contribution in [1.82, 2.24) is 19.7 Å². The molecule has 1 saturated heterocycles. The van der Waals surface area contributed by atoms with E-state index in [9.17, 15) is 4.79 Å². The van der Waals surface area contributed by atoms with Crippen LogP contribution in [-0.4, -0.2) is 51.8 Å². The van der Waals surface area contributed by atoms with Gasteiger partial charge in [0, 0.05) is 37.9 Å². The molecule has 0 radical (unpaired) electrons. The van der Waals surface area contributed by atoms with Gasteiger partial charge in [-0.3, -0.25) is 4.79 Å². The first-order chi connectivity index (χ1) is 13.9. The molecule has 2 aromatic heterocycles. The average Bonchev–Trinajstić information content (AvgIpc) is 3.01. The van der Waals surface area contributed by atoms with Crippen LogP contribution in [0.15, 0.2) is 42.6 Å². The molecule has 1 aliphatic heterocycles. The van der Waals surface area contributed by atoms with Gasteiger partial charge in [0.2, 0.25) is 0 Å². The highest BCUT2D eigenvalue weighted by Gasteiger charge is 2.26. The van der Waals surface area contributed by atoms with Crippen molar-refractivity contribution < 1.29 is 4.79 Å². The van der Waals surface area contributed by atoms with Crippen LogP contribution in [0.5, 0.6) is 0 Å². The zero-order valence-electron chi connectivity index (χ0n) is 17.5. The Morgan fingerprint density at radius 2 is 1.62 bits per heavy atom. The third-order valence-corrected chi connectivity index (χ3v) is 5.47. The van der Waals surface area contributed by atoms with Gasteiger partial charge < -0.3 is 9.80 Å². The van der Waals surface area contributed by atoms with Crippen molar-refractivity contribution in [2.24, 2.45) is 0 Å². The van der Waals surface area contributed by atoms with E-state index in [0.29, 0.717) is 13.1 Å². The average molecular weight is 390 g/mol. The summed E-state index contributed by atoms with van der Waals surface area (Å²) in [7, 11) is 0. The molecule has 29 heavy (non-hydrogen) atoms. The minimum absolute atomic E-state index is 0.120. The number of carbonyl (C=O) groups is 1. The third-order valence-electron chi connectivity index (χ3n) is 5.47. The van der Waals surface area contributed by atoms with Gasteiger partial charge in [0.05, 0.1) is 17.1 Å². The molecule has 3 aromatic rings. The first kappa shape index (κ1) is 19.2. The summed E-state index contributed by atoms with van der Waals surface area (Å²) in [6.07, 6.45) is 1.78. The van der Waals surface area contributed by atoms with E-state index in [4.69, 9.17) is 5.10 Å². The van der Waals surface area contributed by atoms with Crippen LogP contribution < -0.4 is 4.90 Å². The fraction of sp³-hybridized carbons (Fsp3) is 0.348. The molecule has 0 atom stereocenters. The maximum absolute atomic E-state index is 13.0.